The van der Waals surface area contributed by atoms with Crippen LogP contribution >= 0.6 is 0 Å². The molecule has 0 aliphatic carbocycles. The van der Waals surface area contributed by atoms with Gasteiger partial charge < -0.3 is 5.53 Å². The lowest BCUT2D eigenvalue weighted by Crippen LogP contribution is -2.34. The van der Waals surface area contributed by atoms with Gasteiger partial charge in [-0.25, -0.2) is 12.6 Å². The highest BCUT2D eigenvalue weighted by Crippen LogP contribution is 2.16. The van der Waals surface area contributed by atoms with Crippen molar-refractivity contribution in [1.82, 2.24) is 0 Å². The van der Waals surface area contributed by atoms with Gasteiger partial charge in [-0.1, -0.05) is 0 Å². The van der Waals surface area contributed by atoms with E-state index in [4.69, 9.17) is 10.1 Å². The van der Waals surface area contributed by atoms with Crippen LogP contribution < -0.4 is 0 Å². The Morgan fingerprint density at radius 1 is 1.50 bits per heavy atom. The summed E-state index contributed by atoms with van der Waals surface area (Å²) in [6.45, 7) is 4.37. The summed E-state index contributed by atoms with van der Waals surface area (Å²) in [5, 5.41) is -0.667. The van der Waals surface area contributed by atoms with Crippen molar-refractivity contribution in [1.29, 1.82) is 0 Å². The van der Waals surface area contributed by atoms with Crippen molar-refractivity contribution < 1.29 is 22.0 Å². The fourth-order valence-electron chi connectivity index (χ4n) is 0.493. The van der Waals surface area contributed by atoms with Crippen molar-refractivity contribution in [2.45, 2.75) is 25.5 Å². The summed E-state index contributed by atoms with van der Waals surface area (Å²) < 4.78 is 41.0. The zero-order valence-corrected chi connectivity index (χ0v) is 9.72. The van der Waals surface area contributed by atoms with Gasteiger partial charge in [0.25, 0.3) is 11.1 Å². The van der Waals surface area contributed by atoms with E-state index >= 15 is 0 Å². The average molecular weight is 240 g/mol. The maximum Gasteiger partial charge on any atom is 0.396 e. The molecule has 0 saturated heterocycles. The van der Waals surface area contributed by atoms with Crippen molar-refractivity contribution in [3.8, 4) is 0 Å². The van der Waals surface area contributed by atoms with E-state index in [0.717, 1.165) is 0 Å². The number of sulfone groups is 1. The third-order valence-corrected chi connectivity index (χ3v) is 4.89. The maximum atomic E-state index is 11.5. The average Bonchev–Trinajstić information content (AvgIpc) is 1.97. The minimum Gasteiger partial charge on any atom is -0.360 e. The van der Waals surface area contributed by atoms with Crippen molar-refractivity contribution in [3.63, 3.8) is 0 Å². The van der Waals surface area contributed by atoms with E-state index in [1.807, 2.05) is 0 Å². The fourth-order valence-corrected chi connectivity index (χ4v) is 2.25. The van der Waals surface area contributed by atoms with Crippen LogP contribution in [0.15, 0.2) is 0 Å². The molecule has 0 aromatic rings. The summed E-state index contributed by atoms with van der Waals surface area (Å²) in [5.74, 6) is -0.726. The molecule has 8 heteroatoms. The second-order valence-corrected chi connectivity index (χ2v) is 7.33. The Balaban J connectivity index is 5.06. The van der Waals surface area contributed by atoms with Gasteiger partial charge in [0.1, 0.15) is 0 Å². The van der Waals surface area contributed by atoms with Crippen molar-refractivity contribution in [2.75, 3.05) is 5.75 Å². The third-order valence-electron chi connectivity index (χ3n) is 1.56. The summed E-state index contributed by atoms with van der Waals surface area (Å²) in [6, 6.07) is 0. The van der Waals surface area contributed by atoms with Crippen LogP contribution in [0.5, 0.6) is 0 Å². The molecule has 0 saturated carbocycles. The van der Waals surface area contributed by atoms with Crippen LogP contribution in [0.4, 0.5) is 0 Å². The molecule has 0 bridgehead atoms. The Morgan fingerprint density at radius 3 is 2.14 bits per heavy atom. The molecule has 14 heavy (non-hydrogen) atoms. The van der Waals surface area contributed by atoms with E-state index in [1.165, 1.54) is 20.8 Å². The first-order valence-electron chi connectivity index (χ1n) is 3.66. The summed E-state index contributed by atoms with van der Waals surface area (Å²) in [4.78, 5) is 2.47. The van der Waals surface area contributed by atoms with Gasteiger partial charge in [0.2, 0.25) is 0 Å². The molecule has 0 fully saturated rings. The highest BCUT2D eigenvalue weighted by Gasteiger charge is 2.35. The largest absolute Gasteiger partial charge is 0.396 e. The monoisotopic (exact) mass is 240 g/mol. The Hall–Kier alpha value is -0.560. The molecule has 6 nitrogen and oxygen atoms in total. The number of hydrogen-bond donors (Lipinski definition) is 1. The molecular formula is C6H12N2O4S2. The maximum absolute atomic E-state index is 11.5. The Bertz CT molecular complexity index is 387. The molecule has 82 valence electrons. The second-order valence-electron chi connectivity index (χ2n) is 3.61. The van der Waals surface area contributed by atoms with Crippen molar-refractivity contribution >= 4 is 26.0 Å². The SMILES string of the molecule is CC(C)(C)S(=O)(=O)CC(=[N+]=[N-])S(=O)O. The highest BCUT2D eigenvalue weighted by atomic mass is 32.2. The van der Waals surface area contributed by atoms with E-state index in [-0.39, 0.29) is 0 Å². The molecule has 0 radical (unpaired) electrons. The molecule has 1 N–H and O–H groups in total. The first kappa shape index (κ1) is 13.4. The minimum atomic E-state index is -3.60. The molecule has 1 atom stereocenters. The minimum absolute atomic E-state index is 0.667. The van der Waals surface area contributed by atoms with E-state index in [9.17, 15) is 12.6 Å². The first-order valence-corrected chi connectivity index (χ1v) is 6.42. The topological polar surface area (TPSA) is 108 Å². The van der Waals surface area contributed by atoms with Crippen LogP contribution in [0.1, 0.15) is 20.8 Å². The van der Waals surface area contributed by atoms with E-state index in [2.05, 4.69) is 4.79 Å². The van der Waals surface area contributed by atoms with Crippen LogP contribution in [0, 0.1) is 0 Å². The van der Waals surface area contributed by atoms with E-state index in [0.29, 0.717) is 0 Å². The number of nitrogens with zero attached hydrogens (tertiary/aromatic N) is 2. The molecule has 0 heterocycles. The van der Waals surface area contributed by atoms with E-state index < -0.39 is 36.5 Å². The smallest absolute Gasteiger partial charge is 0.360 e. The zero-order chi connectivity index (χ0) is 11.6. The lowest BCUT2D eigenvalue weighted by atomic mass is 10.3. The van der Waals surface area contributed by atoms with Crippen LogP contribution in [0.25, 0.3) is 5.53 Å². The van der Waals surface area contributed by atoms with Gasteiger partial charge in [-0.3, -0.25) is 4.55 Å². The molecule has 0 aromatic heterocycles. The predicted octanol–water partition coefficient (Wildman–Crippen LogP) is 0.0497. The number of hydrogen-bond acceptors (Lipinski definition) is 3. The number of rotatable bonds is 2. The molecule has 0 rings (SSSR count). The molecule has 0 aliphatic rings. The molecule has 0 aromatic carbocycles. The van der Waals surface area contributed by atoms with Gasteiger partial charge in [-0.2, -0.15) is 4.79 Å². The standard InChI is InChI=1S/C6H12N2O4S2/c1-6(2,3)14(11,12)4-5(8-7)13(9)10/h4H2,1-3H3,(H,9,10). The van der Waals surface area contributed by atoms with Crippen LogP contribution in [-0.4, -0.2) is 37.5 Å². The zero-order valence-electron chi connectivity index (χ0n) is 8.09. The molecular weight excluding hydrogens is 228 g/mol. The van der Waals surface area contributed by atoms with E-state index in [1.54, 1.807) is 0 Å². The summed E-state index contributed by atoms with van der Waals surface area (Å²) in [5.41, 5.74) is 8.30. The predicted molar refractivity (Wildman–Crippen MR) is 52.9 cm³/mol. The summed E-state index contributed by atoms with van der Waals surface area (Å²) in [6.07, 6.45) is 0. The summed E-state index contributed by atoms with van der Waals surface area (Å²) in [7, 11) is -3.60. The second kappa shape index (κ2) is 4.31. The van der Waals surface area contributed by atoms with Gasteiger partial charge in [0.15, 0.2) is 15.6 Å². The Kier molecular flexibility index (Phi) is 4.14. The van der Waals surface area contributed by atoms with Crippen LogP contribution in [0.3, 0.4) is 0 Å². The summed E-state index contributed by atoms with van der Waals surface area (Å²) >= 11 is -2.56. The van der Waals surface area contributed by atoms with Gasteiger partial charge in [0.05, 0.1) is 4.75 Å². The van der Waals surface area contributed by atoms with Crippen LogP contribution in [-0.2, 0) is 20.9 Å². The van der Waals surface area contributed by atoms with Gasteiger partial charge in [0, 0.05) is 0 Å². The third kappa shape index (κ3) is 3.30. The van der Waals surface area contributed by atoms with Gasteiger partial charge >= 0.3 is 5.04 Å². The fraction of sp³-hybridized carbons (Fsp3) is 0.833. The quantitative estimate of drug-likeness (QED) is 0.242. The molecule has 0 aliphatic heterocycles. The normalized spacial score (nSPS) is 14.6. The molecule has 0 spiro atoms. The molecule has 1 unspecified atom stereocenters. The lowest BCUT2D eigenvalue weighted by Gasteiger charge is -2.16. The lowest BCUT2D eigenvalue weighted by molar-refractivity contribution is -0.000951. The first-order chi connectivity index (χ1) is 6.12. The van der Waals surface area contributed by atoms with Gasteiger partial charge in [-0.05, 0) is 20.8 Å². The Labute approximate surface area is 85.1 Å². The Morgan fingerprint density at radius 2 is 1.93 bits per heavy atom. The van der Waals surface area contributed by atoms with Crippen molar-refractivity contribution in [3.05, 3.63) is 5.53 Å². The van der Waals surface area contributed by atoms with Crippen molar-refractivity contribution in [2.24, 2.45) is 0 Å². The molecule has 0 amide bonds. The van der Waals surface area contributed by atoms with Crippen LogP contribution in [0.2, 0.25) is 0 Å². The van der Waals surface area contributed by atoms with Gasteiger partial charge in [-0.15, -0.1) is 0 Å². The highest BCUT2D eigenvalue weighted by molar-refractivity contribution is 8.00.